The lowest BCUT2D eigenvalue weighted by Crippen LogP contribution is -2.19. The second-order valence-corrected chi connectivity index (χ2v) is 4.72. The van der Waals surface area contributed by atoms with Gasteiger partial charge in [-0.05, 0) is 36.5 Å². The van der Waals surface area contributed by atoms with Gasteiger partial charge in [-0.25, -0.2) is 4.09 Å². The van der Waals surface area contributed by atoms with E-state index in [-0.39, 0.29) is 23.6 Å². The fraction of sp³-hybridized carbons (Fsp3) is 0.167. The molecule has 10 heteroatoms. The minimum absolute atomic E-state index is 0.116. The van der Waals surface area contributed by atoms with Crippen LogP contribution < -0.4 is 9.47 Å². The quantitative estimate of drug-likeness (QED) is 0.661. The molecule has 0 radical (unpaired) electrons. The highest BCUT2D eigenvalue weighted by Crippen LogP contribution is 2.30. The highest BCUT2D eigenvalue weighted by Gasteiger charge is 2.33. The van der Waals surface area contributed by atoms with E-state index in [0.29, 0.717) is 0 Å². The number of halogens is 4. The zero-order valence-electron chi connectivity index (χ0n) is 10.7. The second kappa shape index (κ2) is 6.49. The summed E-state index contributed by atoms with van der Waals surface area (Å²) in [4.78, 5) is 11.3. The normalized spacial score (nSPS) is 11.3. The highest BCUT2D eigenvalue weighted by molar-refractivity contribution is 7.78. The number of hydrogen-bond acceptors (Lipinski definition) is 5. The van der Waals surface area contributed by atoms with Crippen molar-refractivity contribution in [2.24, 2.45) is 0 Å². The number of alkyl halides is 3. The lowest BCUT2D eigenvalue weighted by Gasteiger charge is -2.15. The van der Waals surface area contributed by atoms with Crippen LogP contribution in [0.3, 0.4) is 0 Å². The van der Waals surface area contributed by atoms with Crippen molar-refractivity contribution in [1.82, 2.24) is 9.19 Å². The van der Waals surface area contributed by atoms with Gasteiger partial charge < -0.3 is 9.47 Å². The predicted molar refractivity (Wildman–Crippen MR) is 74.3 cm³/mol. The molecule has 5 nitrogen and oxygen atoms in total. The monoisotopic (exact) mass is 352 g/mol. The van der Waals surface area contributed by atoms with Gasteiger partial charge in [-0.15, -0.1) is 18.3 Å². The molecule has 22 heavy (non-hydrogen) atoms. The SMILES string of the molecule is O=C(Cl)c1cccc(OC(F)(F)F)c1COc1ccn(S)n1. The van der Waals surface area contributed by atoms with Gasteiger partial charge in [0.05, 0.1) is 0 Å². The molecule has 0 fully saturated rings. The summed E-state index contributed by atoms with van der Waals surface area (Å²) in [6.07, 6.45) is -3.44. The Morgan fingerprint density at radius 3 is 2.64 bits per heavy atom. The van der Waals surface area contributed by atoms with Crippen LogP contribution in [-0.2, 0) is 6.61 Å². The Labute approximate surface area is 133 Å². The Hall–Kier alpha value is -1.87. The van der Waals surface area contributed by atoms with Crippen LogP contribution in [0.25, 0.3) is 0 Å². The zero-order valence-corrected chi connectivity index (χ0v) is 12.3. The molecule has 0 aliphatic heterocycles. The van der Waals surface area contributed by atoms with Crippen LogP contribution in [0.1, 0.15) is 15.9 Å². The van der Waals surface area contributed by atoms with Gasteiger partial charge in [0.1, 0.15) is 12.4 Å². The first-order valence-corrected chi connectivity index (χ1v) is 6.49. The van der Waals surface area contributed by atoms with E-state index in [9.17, 15) is 18.0 Å². The minimum Gasteiger partial charge on any atom is -0.472 e. The molecule has 0 bridgehead atoms. The molecule has 118 valence electrons. The zero-order chi connectivity index (χ0) is 16.3. The van der Waals surface area contributed by atoms with E-state index >= 15 is 0 Å². The molecule has 1 heterocycles. The summed E-state index contributed by atoms with van der Waals surface area (Å²) in [6, 6.07) is 5.01. The second-order valence-electron chi connectivity index (χ2n) is 3.97. The van der Waals surface area contributed by atoms with E-state index in [1.54, 1.807) is 0 Å². The Kier molecular flexibility index (Phi) is 4.87. The maximum absolute atomic E-state index is 12.4. The van der Waals surface area contributed by atoms with Gasteiger partial charge in [0, 0.05) is 23.4 Å². The van der Waals surface area contributed by atoms with Crippen molar-refractivity contribution in [3.8, 4) is 11.6 Å². The Morgan fingerprint density at radius 1 is 1.36 bits per heavy atom. The summed E-state index contributed by atoms with van der Waals surface area (Å²) in [5.74, 6) is -0.450. The van der Waals surface area contributed by atoms with Crippen LogP contribution in [0.2, 0.25) is 0 Å². The Bertz CT molecular complexity index is 690. The molecule has 0 aliphatic carbocycles. The van der Waals surface area contributed by atoms with Gasteiger partial charge in [0.15, 0.2) is 0 Å². The number of carbonyl (C=O) groups is 1. The molecule has 0 saturated heterocycles. The van der Waals surface area contributed by atoms with Gasteiger partial charge in [-0.1, -0.05) is 6.07 Å². The molecule has 1 aromatic heterocycles. The maximum atomic E-state index is 12.4. The van der Waals surface area contributed by atoms with E-state index in [4.69, 9.17) is 16.3 Å². The van der Waals surface area contributed by atoms with Gasteiger partial charge in [-0.3, -0.25) is 4.79 Å². The van der Waals surface area contributed by atoms with Crippen LogP contribution in [0.5, 0.6) is 11.6 Å². The van der Waals surface area contributed by atoms with Crippen LogP contribution in [0.4, 0.5) is 13.2 Å². The number of nitrogens with zero attached hydrogens (tertiary/aromatic N) is 2. The average molecular weight is 353 g/mol. The summed E-state index contributed by atoms with van der Waals surface area (Å²) in [7, 11) is 0. The fourth-order valence-electron chi connectivity index (χ4n) is 1.64. The first-order chi connectivity index (χ1) is 10.3. The molecule has 0 N–H and O–H groups in total. The Morgan fingerprint density at radius 2 is 2.09 bits per heavy atom. The van der Waals surface area contributed by atoms with E-state index < -0.39 is 17.4 Å². The third-order valence-corrected chi connectivity index (χ3v) is 2.91. The van der Waals surface area contributed by atoms with Crippen LogP contribution in [-0.4, -0.2) is 20.8 Å². The maximum Gasteiger partial charge on any atom is 0.573 e. The van der Waals surface area contributed by atoms with Crippen molar-refractivity contribution < 1.29 is 27.4 Å². The molecular weight excluding hydrogens is 345 g/mol. The molecule has 1 aromatic carbocycles. The summed E-state index contributed by atoms with van der Waals surface area (Å²) in [6.45, 7) is -0.384. The summed E-state index contributed by atoms with van der Waals surface area (Å²) in [5.41, 5.74) is -0.276. The molecule has 0 saturated carbocycles. The van der Waals surface area contributed by atoms with Crippen LogP contribution >= 0.6 is 24.4 Å². The lowest BCUT2D eigenvalue weighted by molar-refractivity contribution is -0.275. The van der Waals surface area contributed by atoms with Crippen molar-refractivity contribution in [1.29, 1.82) is 0 Å². The topological polar surface area (TPSA) is 53.4 Å². The standard InChI is InChI=1S/C12H8ClF3N2O3S/c13-11(19)7-2-1-3-9(21-12(14,15)16)8(7)6-20-10-4-5-18(22)17-10/h1-5,22H,6H2. The third-order valence-electron chi connectivity index (χ3n) is 2.49. The summed E-state index contributed by atoms with van der Waals surface area (Å²) in [5, 5.41) is 2.86. The lowest BCUT2D eigenvalue weighted by atomic mass is 10.1. The first kappa shape index (κ1) is 16.5. The van der Waals surface area contributed by atoms with Gasteiger partial charge in [-0.2, -0.15) is 0 Å². The van der Waals surface area contributed by atoms with Crippen LogP contribution in [0, 0.1) is 0 Å². The number of thiol groups is 1. The number of ether oxygens (including phenoxy) is 2. The summed E-state index contributed by atoms with van der Waals surface area (Å²) >= 11 is 9.27. The minimum atomic E-state index is -4.91. The van der Waals surface area contributed by atoms with Crippen molar-refractivity contribution in [3.63, 3.8) is 0 Å². The largest absolute Gasteiger partial charge is 0.573 e. The van der Waals surface area contributed by atoms with Gasteiger partial charge >= 0.3 is 6.36 Å². The predicted octanol–water partition coefficient (Wildman–Crippen LogP) is 3.43. The number of benzene rings is 1. The number of aromatic nitrogens is 2. The van der Waals surface area contributed by atoms with E-state index in [1.807, 2.05) is 0 Å². The fourth-order valence-corrected chi connectivity index (χ4v) is 1.97. The molecule has 0 amide bonds. The van der Waals surface area contributed by atoms with Gasteiger partial charge in [0.2, 0.25) is 5.88 Å². The molecule has 2 aromatic rings. The third kappa shape index (κ3) is 4.31. The van der Waals surface area contributed by atoms with E-state index in [2.05, 4.69) is 22.7 Å². The number of hydrogen-bond donors (Lipinski definition) is 1. The number of carbonyl (C=O) groups excluding carboxylic acids is 1. The molecule has 2 rings (SSSR count). The average Bonchev–Trinajstić information content (AvgIpc) is 2.81. The van der Waals surface area contributed by atoms with E-state index in [1.165, 1.54) is 24.4 Å². The van der Waals surface area contributed by atoms with E-state index in [0.717, 1.165) is 10.2 Å². The first-order valence-electron chi connectivity index (χ1n) is 5.71. The molecule has 0 aliphatic rings. The Balaban J connectivity index is 2.30. The summed E-state index contributed by atoms with van der Waals surface area (Å²) < 4.78 is 47.5. The highest BCUT2D eigenvalue weighted by atomic mass is 35.5. The molecule has 0 spiro atoms. The van der Waals surface area contributed by atoms with Crippen molar-refractivity contribution in [2.75, 3.05) is 0 Å². The van der Waals surface area contributed by atoms with Crippen molar-refractivity contribution in [2.45, 2.75) is 13.0 Å². The molecular formula is C12H8ClF3N2O3S. The number of rotatable bonds is 5. The smallest absolute Gasteiger partial charge is 0.472 e. The molecule has 0 unspecified atom stereocenters. The molecule has 0 atom stereocenters. The van der Waals surface area contributed by atoms with Crippen LogP contribution in [0.15, 0.2) is 30.5 Å². The van der Waals surface area contributed by atoms with Crippen molar-refractivity contribution >= 4 is 29.7 Å². The van der Waals surface area contributed by atoms with Gasteiger partial charge in [0.25, 0.3) is 5.24 Å². The van der Waals surface area contributed by atoms with Crippen molar-refractivity contribution in [3.05, 3.63) is 41.6 Å².